The van der Waals surface area contributed by atoms with Crippen LogP contribution in [-0.2, 0) is 0 Å². The maximum atomic E-state index is 6.04. The van der Waals surface area contributed by atoms with Gasteiger partial charge in [-0.3, -0.25) is 15.1 Å². The highest BCUT2D eigenvalue weighted by Gasteiger charge is 2.19. The molecular weight excluding hydrogens is 378 g/mol. The topological polar surface area (TPSA) is 106 Å². The molecule has 0 unspecified atom stereocenters. The number of pyridine rings is 1. The summed E-state index contributed by atoms with van der Waals surface area (Å²) in [6.07, 6.45) is 9.02. The number of fused-ring (bicyclic) bond motifs is 1. The molecule has 0 atom stereocenters. The molecule has 3 aromatic heterocycles. The van der Waals surface area contributed by atoms with E-state index in [1.165, 1.54) is 0 Å². The van der Waals surface area contributed by atoms with Crippen molar-refractivity contribution in [3.05, 3.63) is 49.1 Å². The van der Waals surface area contributed by atoms with Gasteiger partial charge in [0.1, 0.15) is 23.0 Å². The maximum absolute atomic E-state index is 6.04. The van der Waals surface area contributed by atoms with Crippen LogP contribution in [0.15, 0.2) is 49.1 Å². The minimum atomic E-state index is 0.275. The van der Waals surface area contributed by atoms with Gasteiger partial charge < -0.3 is 15.4 Å². The first kappa shape index (κ1) is 18.5. The smallest absolute Gasteiger partial charge is 0.147 e. The summed E-state index contributed by atoms with van der Waals surface area (Å²) >= 11 is 0. The van der Waals surface area contributed by atoms with Crippen LogP contribution in [0.2, 0.25) is 0 Å². The summed E-state index contributed by atoms with van der Waals surface area (Å²) in [5.74, 6) is 1.59. The predicted octanol–water partition coefficient (Wildman–Crippen LogP) is 3.02. The fraction of sp³-hybridized carbons (Fsp3) is 0.273. The molecule has 1 aliphatic heterocycles. The molecule has 1 aliphatic rings. The minimum Gasteiger partial charge on any atom is -0.495 e. The van der Waals surface area contributed by atoms with Crippen LogP contribution in [0.3, 0.4) is 0 Å². The van der Waals surface area contributed by atoms with Gasteiger partial charge in [-0.15, -0.1) is 0 Å². The van der Waals surface area contributed by atoms with E-state index >= 15 is 0 Å². The molecule has 30 heavy (non-hydrogen) atoms. The first-order valence-electron chi connectivity index (χ1n) is 10.0. The van der Waals surface area contributed by atoms with Crippen LogP contribution in [0, 0.1) is 0 Å². The van der Waals surface area contributed by atoms with E-state index in [9.17, 15) is 0 Å². The van der Waals surface area contributed by atoms with Crippen molar-refractivity contribution in [2.24, 2.45) is 5.73 Å². The highest BCUT2D eigenvalue weighted by Crippen LogP contribution is 2.31. The predicted molar refractivity (Wildman–Crippen MR) is 116 cm³/mol. The van der Waals surface area contributed by atoms with Gasteiger partial charge in [-0.2, -0.15) is 5.10 Å². The number of ether oxygens (including phenoxy) is 1. The summed E-state index contributed by atoms with van der Waals surface area (Å²) in [7, 11) is 1.64. The molecule has 0 spiro atoms. The van der Waals surface area contributed by atoms with Gasteiger partial charge in [0.2, 0.25) is 0 Å². The van der Waals surface area contributed by atoms with Crippen molar-refractivity contribution in [1.29, 1.82) is 0 Å². The molecule has 0 bridgehead atoms. The number of benzene rings is 1. The van der Waals surface area contributed by atoms with Crippen LogP contribution in [0.5, 0.6) is 5.75 Å². The van der Waals surface area contributed by atoms with E-state index in [0.717, 1.165) is 70.9 Å². The fourth-order valence-electron chi connectivity index (χ4n) is 3.83. The number of nitrogens with zero attached hydrogens (tertiary/aromatic N) is 5. The zero-order valence-electron chi connectivity index (χ0n) is 16.7. The van der Waals surface area contributed by atoms with Gasteiger partial charge in [-0.1, -0.05) is 6.07 Å². The molecule has 0 aliphatic carbocycles. The summed E-state index contributed by atoms with van der Waals surface area (Å²) in [5, 5.41) is 8.62. The summed E-state index contributed by atoms with van der Waals surface area (Å²) in [4.78, 5) is 15.8. The van der Waals surface area contributed by atoms with Gasteiger partial charge in [0, 0.05) is 36.3 Å². The highest BCUT2D eigenvalue weighted by molar-refractivity contribution is 5.95. The Labute approximate surface area is 174 Å². The van der Waals surface area contributed by atoms with Crippen LogP contribution in [0.1, 0.15) is 12.8 Å². The standard InChI is InChI=1S/C22H23N7O/c1-30-17-8-15(10-24-11-17)14-2-3-19-18(9-14)22(28-27-19)20-12-25-13-21(26-20)29-6-4-16(23)5-7-29/h2-3,8-13,16H,4-7,23H2,1H3,(H,27,28). The number of aromatic amines is 1. The average Bonchev–Trinajstić information content (AvgIpc) is 3.23. The van der Waals surface area contributed by atoms with E-state index in [0.29, 0.717) is 0 Å². The lowest BCUT2D eigenvalue weighted by Gasteiger charge is -2.30. The Bertz CT molecular complexity index is 1180. The van der Waals surface area contributed by atoms with Crippen molar-refractivity contribution in [2.75, 3.05) is 25.1 Å². The molecule has 152 valence electrons. The lowest BCUT2D eigenvalue weighted by molar-refractivity contribution is 0.413. The Balaban J connectivity index is 1.52. The molecule has 8 nitrogen and oxygen atoms in total. The number of H-pyrrole nitrogens is 1. The largest absolute Gasteiger partial charge is 0.495 e. The summed E-state index contributed by atoms with van der Waals surface area (Å²) < 4.78 is 5.31. The van der Waals surface area contributed by atoms with Crippen molar-refractivity contribution in [3.8, 4) is 28.3 Å². The van der Waals surface area contributed by atoms with E-state index in [2.05, 4.69) is 31.1 Å². The number of anilines is 1. The minimum absolute atomic E-state index is 0.275. The molecule has 1 fully saturated rings. The monoisotopic (exact) mass is 401 g/mol. The Hall–Kier alpha value is -3.52. The summed E-state index contributed by atoms with van der Waals surface area (Å²) in [5.41, 5.74) is 10.5. The number of methoxy groups -OCH3 is 1. The van der Waals surface area contributed by atoms with Crippen LogP contribution in [0.4, 0.5) is 5.82 Å². The van der Waals surface area contributed by atoms with E-state index in [4.69, 9.17) is 15.5 Å². The second-order valence-corrected chi connectivity index (χ2v) is 7.53. The molecule has 0 radical (unpaired) electrons. The molecule has 5 rings (SSSR count). The normalized spacial score (nSPS) is 14.9. The van der Waals surface area contributed by atoms with Crippen LogP contribution >= 0.6 is 0 Å². The lowest BCUT2D eigenvalue weighted by Crippen LogP contribution is -2.40. The fourth-order valence-corrected chi connectivity index (χ4v) is 3.83. The van der Waals surface area contributed by atoms with Gasteiger partial charge in [0.25, 0.3) is 0 Å². The van der Waals surface area contributed by atoms with Gasteiger partial charge in [-0.25, -0.2) is 4.98 Å². The van der Waals surface area contributed by atoms with Gasteiger partial charge >= 0.3 is 0 Å². The summed E-state index contributed by atoms with van der Waals surface area (Å²) in [6.45, 7) is 1.79. The van der Waals surface area contributed by atoms with E-state index in [-0.39, 0.29) is 6.04 Å². The van der Waals surface area contributed by atoms with E-state index in [1.807, 2.05) is 30.6 Å². The van der Waals surface area contributed by atoms with Gasteiger partial charge in [-0.05, 0) is 36.6 Å². The number of hydrogen-bond acceptors (Lipinski definition) is 7. The Morgan fingerprint density at radius 2 is 1.87 bits per heavy atom. The second-order valence-electron chi connectivity index (χ2n) is 7.53. The molecule has 1 saturated heterocycles. The Kier molecular flexibility index (Phi) is 4.76. The number of rotatable bonds is 4. The molecule has 4 heterocycles. The third kappa shape index (κ3) is 3.46. The molecule has 8 heteroatoms. The molecule has 1 aromatic carbocycles. The highest BCUT2D eigenvalue weighted by atomic mass is 16.5. The van der Waals surface area contributed by atoms with Crippen LogP contribution in [0.25, 0.3) is 33.4 Å². The van der Waals surface area contributed by atoms with Crippen molar-refractivity contribution >= 4 is 16.7 Å². The van der Waals surface area contributed by atoms with E-state index in [1.54, 1.807) is 19.5 Å². The zero-order chi connectivity index (χ0) is 20.5. The summed E-state index contributed by atoms with van der Waals surface area (Å²) in [6, 6.07) is 8.40. The second kappa shape index (κ2) is 7.72. The Morgan fingerprint density at radius 1 is 1.03 bits per heavy atom. The maximum Gasteiger partial charge on any atom is 0.147 e. The van der Waals surface area contributed by atoms with Gasteiger partial charge in [0.15, 0.2) is 0 Å². The zero-order valence-corrected chi connectivity index (χ0v) is 16.7. The van der Waals surface area contributed by atoms with Gasteiger partial charge in [0.05, 0.1) is 31.2 Å². The number of nitrogens with two attached hydrogens (primary N) is 1. The van der Waals surface area contributed by atoms with Crippen molar-refractivity contribution in [2.45, 2.75) is 18.9 Å². The first-order valence-corrected chi connectivity index (χ1v) is 10.0. The van der Waals surface area contributed by atoms with E-state index < -0.39 is 0 Å². The van der Waals surface area contributed by atoms with Crippen LogP contribution in [-0.4, -0.2) is 51.4 Å². The third-order valence-corrected chi connectivity index (χ3v) is 5.57. The molecule has 0 amide bonds. The van der Waals surface area contributed by atoms with Crippen molar-refractivity contribution in [1.82, 2.24) is 25.1 Å². The molecule has 4 aromatic rings. The number of hydrogen-bond donors (Lipinski definition) is 2. The molecule has 3 N–H and O–H groups in total. The quantitative estimate of drug-likeness (QED) is 0.541. The van der Waals surface area contributed by atoms with Crippen molar-refractivity contribution in [3.63, 3.8) is 0 Å². The molecular formula is C22H23N7O. The number of piperidine rings is 1. The third-order valence-electron chi connectivity index (χ3n) is 5.57. The number of nitrogens with one attached hydrogen (secondary N) is 1. The number of aromatic nitrogens is 5. The SMILES string of the molecule is COc1cncc(-c2ccc3[nH]nc(-c4cncc(N5CCC(N)CC5)n4)c3c2)c1. The van der Waals surface area contributed by atoms with Crippen LogP contribution < -0.4 is 15.4 Å². The lowest BCUT2D eigenvalue weighted by atomic mass is 10.0. The average molecular weight is 401 g/mol. The van der Waals surface area contributed by atoms with Crippen molar-refractivity contribution < 1.29 is 4.74 Å². The first-order chi connectivity index (χ1) is 14.7. The Morgan fingerprint density at radius 3 is 2.70 bits per heavy atom. The molecule has 0 saturated carbocycles.